The minimum absolute atomic E-state index is 0.758. The minimum atomic E-state index is 0.758. The van der Waals surface area contributed by atoms with Crippen LogP contribution in [0.3, 0.4) is 0 Å². The summed E-state index contributed by atoms with van der Waals surface area (Å²) < 4.78 is 5.94. The molecular weight excluding hydrogens is 294 g/mol. The Morgan fingerprint density at radius 3 is 2.64 bits per heavy atom. The average Bonchev–Trinajstić information content (AvgIpc) is 2.84. The Morgan fingerprint density at radius 2 is 1.95 bits per heavy atom. The highest BCUT2D eigenvalue weighted by molar-refractivity contribution is 7.80. The standard InChI is InChI=1S/C17H25N3OS/c1-5-15-14(13-8-6-7-9-16(13)21-15)12-20(4)17(22)18-10-11-19(2)3/h6-9H,5,10-12H2,1-4H3,(H,18,22). The maximum absolute atomic E-state index is 5.94. The van der Waals surface area contributed by atoms with Gasteiger partial charge in [-0.05, 0) is 32.4 Å². The second-order valence-electron chi connectivity index (χ2n) is 5.74. The number of rotatable bonds is 6. The van der Waals surface area contributed by atoms with Crippen molar-refractivity contribution in [2.24, 2.45) is 0 Å². The molecule has 0 radical (unpaired) electrons. The van der Waals surface area contributed by atoms with Crippen molar-refractivity contribution in [3.63, 3.8) is 0 Å². The molecule has 0 atom stereocenters. The molecule has 0 unspecified atom stereocenters. The van der Waals surface area contributed by atoms with Gasteiger partial charge in [-0.3, -0.25) is 0 Å². The van der Waals surface area contributed by atoms with Crippen LogP contribution in [0.1, 0.15) is 18.2 Å². The molecule has 120 valence electrons. The number of furan rings is 1. The van der Waals surface area contributed by atoms with Crippen LogP contribution >= 0.6 is 12.2 Å². The minimum Gasteiger partial charge on any atom is -0.461 e. The van der Waals surface area contributed by atoms with Gasteiger partial charge in [0.05, 0.1) is 0 Å². The zero-order chi connectivity index (χ0) is 16.1. The molecule has 0 aliphatic carbocycles. The Kier molecular flexibility index (Phi) is 5.80. The highest BCUT2D eigenvalue weighted by Gasteiger charge is 2.15. The third-order valence-electron chi connectivity index (χ3n) is 3.68. The Balaban J connectivity index is 2.07. The van der Waals surface area contributed by atoms with E-state index in [0.29, 0.717) is 0 Å². The van der Waals surface area contributed by atoms with Gasteiger partial charge in [0.25, 0.3) is 0 Å². The summed E-state index contributed by atoms with van der Waals surface area (Å²) in [6, 6.07) is 8.19. The second kappa shape index (κ2) is 7.61. The highest BCUT2D eigenvalue weighted by Crippen LogP contribution is 2.27. The Morgan fingerprint density at radius 1 is 1.23 bits per heavy atom. The van der Waals surface area contributed by atoms with Gasteiger partial charge < -0.3 is 19.5 Å². The smallest absolute Gasteiger partial charge is 0.169 e. The molecule has 2 aromatic rings. The van der Waals surface area contributed by atoms with Crippen LogP contribution in [0.4, 0.5) is 0 Å². The van der Waals surface area contributed by atoms with Crippen LogP contribution in [0.15, 0.2) is 28.7 Å². The fourth-order valence-electron chi connectivity index (χ4n) is 2.44. The van der Waals surface area contributed by atoms with Gasteiger partial charge in [-0.2, -0.15) is 0 Å². The topological polar surface area (TPSA) is 31.7 Å². The fourth-order valence-corrected chi connectivity index (χ4v) is 2.61. The van der Waals surface area contributed by atoms with Gasteiger partial charge in [0.1, 0.15) is 11.3 Å². The third-order valence-corrected chi connectivity index (χ3v) is 4.14. The number of nitrogens with one attached hydrogen (secondary N) is 1. The van der Waals surface area contributed by atoms with Crippen molar-refractivity contribution in [1.29, 1.82) is 0 Å². The SMILES string of the molecule is CCc1oc2ccccc2c1CN(C)C(=S)NCCN(C)C. The molecule has 1 aromatic heterocycles. The Hall–Kier alpha value is -1.59. The summed E-state index contributed by atoms with van der Waals surface area (Å²) in [5, 5.41) is 5.25. The van der Waals surface area contributed by atoms with Crippen molar-refractivity contribution in [3.8, 4) is 0 Å². The van der Waals surface area contributed by atoms with Crippen LogP contribution in [0.5, 0.6) is 0 Å². The van der Waals surface area contributed by atoms with E-state index in [1.54, 1.807) is 0 Å². The van der Waals surface area contributed by atoms with Crippen LogP contribution in [0, 0.1) is 0 Å². The van der Waals surface area contributed by atoms with Gasteiger partial charge in [0.2, 0.25) is 0 Å². The van der Waals surface area contributed by atoms with E-state index in [-0.39, 0.29) is 0 Å². The molecule has 2 rings (SSSR count). The van der Waals surface area contributed by atoms with Crippen LogP contribution in [0.25, 0.3) is 11.0 Å². The van der Waals surface area contributed by atoms with E-state index in [1.165, 1.54) is 10.9 Å². The van der Waals surface area contributed by atoms with Crippen molar-refractivity contribution in [3.05, 3.63) is 35.6 Å². The first kappa shape index (κ1) is 16.8. The number of hydrogen-bond donors (Lipinski definition) is 1. The molecule has 0 fully saturated rings. The van der Waals surface area contributed by atoms with Gasteiger partial charge in [-0.1, -0.05) is 25.1 Å². The molecular formula is C17H25N3OS. The summed E-state index contributed by atoms with van der Waals surface area (Å²) in [5.74, 6) is 1.05. The Bertz CT molecular complexity index is 636. The van der Waals surface area contributed by atoms with Crippen molar-refractivity contribution < 1.29 is 4.42 Å². The zero-order valence-electron chi connectivity index (χ0n) is 13.8. The molecule has 1 aromatic carbocycles. The number of thiocarbonyl (C=S) groups is 1. The maximum atomic E-state index is 5.94. The van der Waals surface area contributed by atoms with E-state index >= 15 is 0 Å². The second-order valence-corrected chi connectivity index (χ2v) is 6.13. The molecule has 5 heteroatoms. The first-order valence-electron chi connectivity index (χ1n) is 7.66. The number of aryl methyl sites for hydroxylation is 1. The van der Waals surface area contributed by atoms with Crippen LogP contribution < -0.4 is 5.32 Å². The number of fused-ring (bicyclic) bond motifs is 1. The summed E-state index contributed by atoms with van der Waals surface area (Å²) in [6.07, 6.45) is 0.888. The van der Waals surface area contributed by atoms with E-state index < -0.39 is 0 Å². The summed E-state index contributed by atoms with van der Waals surface area (Å²) in [7, 11) is 6.13. The van der Waals surface area contributed by atoms with E-state index in [9.17, 15) is 0 Å². The predicted molar refractivity (Wildman–Crippen MR) is 96.2 cm³/mol. The predicted octanol–water partition coefficient (Wildman–Crippen LogP) is 2.86. The summed E-state index contributed by atoms with van der Waals surface area (Å²) >= 11 is 5.47. The van der Waals surface area contributed by atoms with Gasteiger partial charge in [-0.25, -0.2) is 0 Å². The number of hydrogen-bond acceptors (Lipinski definition) is 3. The molecule has 0 spiro atoms. The van der Waals surface area contributed by atoms with Crippen LogP contribution in [-0.2, 0) is 13.0 Å². The van der Waals surface area contributed by atoms with Crippen molar-refractivity contribution >= 4 is 28.3 Å². The first-order valence-corrected chi connectivity index (χ1v) is 8.06. The van der Waals surface area contributed by atoms with Crippen LogP contribution in [0.2, 0.25) is 0 Å². The van der Waals surface area contributed by atoms with Crippen molar-refractivity contribution in [2.45, 2.75) is 19.9 Å². The third kappa shape index (κ3) is 3.99. The number of benzene rings is 1. The molecule has 0 saturated carbocycles. The number of nitrogens with zero attached hydrogens (tertiary/aromatic N) is 2. The van der Waals surface area contributed by atoms with Gasteiger partial charge in [0.15, 0.2) is 5.11 Å². The molecule has 1 heterocycles. The van der Waals surface area contributed by atoms with Crippen molar-refractivity contribution in [1.82, 2.24) is 15.1 Å². The van der Waals surface area contributed by atoms with Gasteiger partial charge in [-0.15, -0.1) is 0 Å². The lowest BCUT2D eigenvalue weighted by molar-refractivity contribution is 0.405. The zero-order valence-corrected chi connectivity index (χ0v) is 14.7. The normalized spacial score (nSPS) is 11.1. The first-order chi connectivity index (χ1) is 10.5. The molecule has 22 heavy (non-hydrogen) atoms. The van der Waals surface area contributed by atoms with E-state index in [2.05, 4.69) is 48.3 Å². The summed E-state index contributed by atoms with van der Waals surface area (Å²) in [5.41, 5.74) is 2.19. The van der Waals surface area contributed by atoms with Gasteiger partial charge >= 0.3 is 0 Å². The largest absolute Gasteiger partial charge is 0.461 e. The molecule has 0 saturated heterocycles. The van der Waals surface area contributed by atoms with Crippen LogP contribution in [-0.4, -0.2) is 49.1 Å². The number of likely N-dealkylation sites (N-methyl/N-ethyl adjacent to an activating group) is 1. The fraction of sp³-hybridized carbons (Fsp3) is 0.471. The molecule has 0 bridgehead atoms. The summed E-state index contributed by atoms with van der Waals surface area (Å²) in [4.78, 5) is 4.20. The molecule has 1 N–H and O–H groups in total. The van der Waals surface area contributed by atoms with E-state index in [1.807, 2.05) is 19.2 Å². The molecule has 0 amide bonds. The molecule has 0 aliphatic heterocycles. The lowest BCUT2D eigenvalue weighted by Crippen LogP contribution is -2.39. The van der Waals surface area contributed by atoms with E-state index in [4.69, 9.17) is 16.6 Å². The summed E-state index contributed by atoms with van der Waals surface area (Å²) in [6.45, 7) is 4.69. The quantitative estimate of drug-likeness (QED) is 0.828. The maximum Gasteiger partial charge on any atom is 0.169 e. The number of para-hydroxylation sites is 1. The molecule has 4 nitrogen and oxygen atoms in total. The molecule has 0 aliphatic rings. The monoisotopic (exact) mass is 319 g/mol. The average molecular weight is 319 g/mol. The van der Waals surface area contributed by atoms with E-state index in [0.717, 1.165) is 42.5 Å². The highest BCUT2D eigenvalue weighted by atomic mass is 32.1. The van der Waals surface area contributed by atoms with Crippen molar-refractivity contribution in [2.75, 3.05) is 34.2 Å². The van der Waals surface area contributed by atoms with Gasteiger partial charge in [0, 0.05) is 44.1 Å². The Labute approximate surface area is 138 Å². The lowest BCUT2D eigenvalue weighted by Gasteiger charge is -2.22. The lowest BCUT2D eigenvalue weighted by atomic mass is 10.1.